The fraction of sp³-hybridized carbons (Fsp3) is 0.100. The molecule has 2 aliphatic heterocycles. The van der Waals surface area contributed by atoms with Crippen LogP contribution >= 0.6 is 0 Å². The molecule has 2 aliphatic rings. The van der Waals surface area contributed by atoms with Crippen molar-refractivity contribution in [2.45, 2.75) is 6.42 Å². The van der Waals surface area contributed by atoms with E-state index in [0.29, 0.717) is 6.42 Å². The van der Waals surface area contributed by atoms with Crippen molar-refractivity contribution in [3.05, 3.63) is 28.3 Å². The summed E-state index contributed by atoms with van der Waals surface area (Å²) in [4.78, 5) is 11.2. The number of carbonyl (C=O) groups is 1. The highest BCUT2D eigenvalue weighted by atomic mass is 16.1. The molecular formula is C10H7N3O. The second-order valence-corrected chi connectivity index (χ2v) is 3.26. The SMILES string of the molecule is O=C1CC=c2ccc3c(c2N1)C=NN=3. The Morgan fingerprint density at radius 3 is 3.21 bits per heavy atom. The Morgan fingerprint density at radius 1 is 1.36 bits per heavy atom. The lowest BCUT2D eigenvalue weighted by Gasteiger charge is -2.11. The number of nitrogens with zero attached hydrogens (tertiary/aromatic N) is 2. The van der Waals surface area contributed by atoms with E-state index in [2.05, 4.69) is 15.5 Å². The minimum absolute atomic E-state index is 0.0196. The third-order valence-electron chi connectivity index (χ3n) is 2.38. The molecule has 0 atom stereocenters. The van der Waals surface area contributed by atoms with Gasteiger partial charge in [-0.25, -0.2) is 0 Å². The van der Waals surface area contributed by atoms with Crippen LogP contribution in [0.2, 0.25) is 0 Å². The molecule has 0 radical (unpaired) electrons. The van der Waals surface area contributed by atoms with Crippen LogP contribution in [0.5, 0.6) is 0 Å². The number of fused-ring (bicyclic) bond motifs is 3. The van der Waals surface area contributed by atoms with Gasteiger partial charge in [-0.3, -0.25) is 4.79 Å². The summed E-state index contributed by atoms with van der Waals surface area (Å²) in [6, 6.07) is 3.86. The lowest BCUT2D eigenvalue weighted by Crippen LogP contribution is -2.27. The van der Waals surface area contributed by atoms with Crippen LogP contribution < -0.4 is 15.9 Å². The Labute approximate surface area is 79.7 Å². The predicted octanol–water partition coefficient (Wildman–Crippen LogP) is -0.224. The van der Waals surface area contributed by atoms with Crippen LogP contribution in [0.4, 0.5) is 5.69 Å². The molecule has 68 valence electrons. The van der Waals surface area contributed by atoms with Crippen LogP contribution in [-0.2, 0) is 4.79 Å². The van der Waals surface area contributed by atoms with E-state index < -0.39 is 0 Å². The second kappa shape index (κ2) is 2.51. The Hall–Kier alpha value is -1.97. The summed E-state index contributed by atoms with van der Waals surface area (Å²) in [5.74, 6) is 0.0196. The van der Waals surface area contributed by atoms with Gasteiger partial charge >= 0.3 is 0 Å². The minimum Gasteiger partial charge on any atom is -0.325 e. The number of carbonyl (C=O) groups excluding carboxylic acids is 1. The first kappa shape index (κ1) is 7.44. The molecule has 0 bridgehead atoms. The summed E-state index contributed by atoms with van der Waals surface area (Å²) in [6.45, 7) is 0. The molecule has 1 amide bonds. The third kappa shape index (κ3) is 0.907. The Balaban J connectivity index is 2.39. The molecule has 2 heterocycles. The molecule has 4 nitrogen and oxygen atoms in total. The van der Waals surface area contributed by atoms with E-state index >= 15 is 0 Å². The van der Waals surface area contributed by atoms with E-state index in [-0.39, 0.29) is 5.91 Å². The number of rotatable bonds is 0. The van der Waals surface area contributed by atoms with E-state index in [1.165, 1.54) is 0 Å². The average Bonchev–Trinajstić information content (AvgIpc) is 2.65. The highest BCUT2D eigenvalue weighted by Gasteiger charge is 2.14. The van der Waals surface area contributed by atoms with Crippen molar-refractivity contribution in [2.75, 3.05) is 5.32 Å². The van der Waals surface area contributed by atoms with E-state index in [1.54, 1.807) is 6.21 Å². The van der Waals surface area contributed by atoms with Crippen LogP contribution in [0.25, 0.3) is 6.08 Å². The van der Waals surface area contributed by atoms with Crippen molar-refractivity contribution in [1.82, 2.24) is 0 Å². The molecule has 3 rings (SSSR count). The zero-order valence-electron chi connectivity index (χ0n) is 7.32. The lowest BCUT2D eigenvalue weighted by molar-refractivity contribution is -0.115. The first-order valence-corrected chi connectivity index (χ1v) is 4.39. The Bertz CT molecular complexity index is 572. The van der Waals surface area contributed by atoms with Crippen molar-refractivity contribution in [1.29, 1.82) is 0 Å². The molecular weight excluding hydrogens is 178 g/mol. The number of hydrogen-bond acceptors (Lipinski definition) is 3. The summed E-state index contributed by atoms with van der Waals surface area (Å²) in [5, 5.41) is 12.5. The molecule has 0 aliphatic carbocycles. The zero-order valence-corrected chi connectivity index (χ0v) is 7.32. The van der Waals surface area contributed by atoms with Gasteiger partial charge in [-0.15, -0.1) is 0 Å². The normalized spacial score (nSPS) is 16.4. The van der Waals surface area contributed by atoms with Gasteiger partial charge in [-0.05, 0) is 11.3 Å². The molecule has 0 saturated carbocycles. The smallest absolute Gasteiger partial charge is 0.228 e. The second-order valence-electron chi connectivity index (χ2n) is 3.26. The van der Waals surface area contributed by atoms with Crippen molar-refractivity contribution in [3.8, 4) is 0 Å². The molecule has 1 aromatic rings. The van der Waals surface area contributed by atoms with Crippen molar-refractivity contribution in [2.24, 2.45) is 10.2 Å². The maximum atomic E-state index is 11.2. The predicted molar refractivity (Wildman–Crippen MR) is 52.5 cm³/mol. The van der Waals surface area contributed by atoms with E-state index in [0.717, 1.165) is 21.8 Å². The standard InChI is InChI=1S/C10H7N3O/c14-9-4-2-6-1-3-8-7(5-11-13-8)10(6)12-9/h1-3,5H,4H2,(H,12,14). The van der Waals surface area contributed by atoms with Crippen molar-refractivity contribution in [3.63, 3.8) is 0 Å². The summed E-state index contributed by atoms with van der Waals surface area (Å²) in [7, 11) is 0. The van der Waals surface area contributed by atoms with Gasteiger partial charge in [0.25, 0.3) is 0 Å². The Kier molecular flexibility index (Phi) is 1.33. The minimum atomic E-state index is 0.0196. The monoisotopic (exact) mass is 185 g/mol. The van der Waals surface area contributed by atoms with Crippen LogP contribution in [-0.4, -0.2) is 12.1 Å². The van der Waals surface area contributed by atoms with Gasteiger partial charge in [0.05, 0.1) is 17.3 Å². The topological polar surface area (TPSA) is 53.8 Å². The van der Waals surface area contributed by atoms with Crippen LogP contribution in [0.15, 0.2) is 22.3 Å². The molecule has 0 fully saturated rings. The van der Waals surface area contributed by atoms with Crippen molar-refractivity contribution >= 4 is 23.9 Å². The average molecular weight is 185 g/mol. The zero-order chi connectivity index (χ0) is 9.54. The molecule has 0 saturated heterocycles. The number of nitrogens with one attached hydrogen (secondary N) is 1. The van der Waals surface area contributed by atoms with E-state index in [1.807, 2.05) is 18.2 Å². The maximum absolute atomic E-state index is 11.2. The van der Waals surface area contributed by atoms with Crippen LogP contribution in [0, 0.1) is 0 Å². The maximum Gasteiger partial charge on any atom is 0.228 e. The first-order valence-electron chi connectivity index (χ1n) is 4.39. The van der Waals surface area contributed by atoms with Crippen LogP contribution in [0.1, 0.15) is 12.0 Å². The van der Waals surface area contributed by atoms with Gasteiger partial charge < -0.3 is 5.32 Å². The highest BCUT2D eigenvalue weighted by molar-refractivity contribution is 6.01. The van der Waals surface area contributed by atoms with E-state index in [4.69, 9.17) is 0 Å². The summed E-state index contributed by atoms with van der Waals surface area (Å²) < 4.78 is 0. The molecule has 0 spiro atoms. The molecule has 0 unspecified atom stereocenters. The number of benzene rings is 1. The van der Waals surface area contributed by atoms with Crippen LogP contribution in [0.3, 0.4) is 0 Å². The quantitative estimate of drug-likeness (QED) is 0.596. The van der Waals surface area contributed by atoms with Crippen molar-refractivity contribution < 1.29 is 4.79 Å². The summed E-state index contributed by atoms with van der Waals surface area (Å²) in [6.07, 6.45) is 4.04. The van der Waals surface area contributed by atoms with Gasteiger partial charge in [0.15, 0.2) is 0 Å². The molecule has 4 heteroatoms. The lowest BCUT2D eigenvalue weighted by atomic mass is 10.1. The Morgan fingerprint density at radius 2 is 2.29 bits per heavy atom. The van der Waals surface area contributed by atoms with E-state index in [9.17, 15) is 4.79 Å². The first-order chi connectivity index (χ1) is 6.84. The number of hydrogen-bond donors (Lipinski definition) is 1. The molecule has 1 aromatic carbocycles. The van der Waals surface area contributed by atoms with Gasteiger partial charge in [0.1, 0.15) is 0 Å². The summed E-state index contributed by atoms with van der Waals surface area (Å²) >= 11 is 0. The highest BCUT2D eigenvalue weighted by Crippen LogP contribution is 2.10. The fourth-order valence-corrected chi connectivity index (χ4v) is 1.69. The number of amides is 1. The molecule has 0 aromatic heterocycles. The van der Waals surface area contributed by atoms with Gasteiger partial charge in [0, 0.05) is 12.0 Å². The van der Waals surface area contributed by atoms with Gasteiger partial charge in [-0.2, -0.15) is 10.2 Å². The largest absolute Gasteiger partial charge is 0.325 e. The molecule has 1 N–H and O–H groups in total. The van der Waals surface area contributed by atoms with Gasteiger partial charge in [0.2, 0.25) is 5.91 Å². The molecule has 14 heavy (non-hydrogen) atoms. The van der Waals surface area contributed by atoms with Gasteiger partial charge in [-0.1, -0.05) is 12.1 Å². The summed E-state index contributed by atoms with van der Waals surface area (Å²) in [5.41, 5.74) is 1.75. The third-order valence-corrected chi connectivity index (χ3v) is 2.38. The number of anilines is 1. The fourth-order valence-electron chi connectivity index (χ4n) is 1.69.